The summed E-state index contributed by atoms with van der Waals surface area (Å²) in [6.07, 6.45) is 5.95. The van der Waals surface area contributed by atoms with E-state index in [0.29, 0.717) is 11.5 Å². The lowest BCUT2D eigenvalue weighted by molar-refractivity contribution is -0.131. The topological polar surface area (TPSA) is 55.8 Å². The van der Waals surface area contributed by atoms with E-state index in [2.05, 4.69) is 0 Å². The van der Waals surface area contributed by atoms with Gasteiger partial charge in [0.05, 0.1) is 14.2 Å². The molecule has 0 unspecified atom stereocenters. The summed E-state index contributed by atoms with van der Waals surface area (Å²) in [5.74, 6) is 0.324. The van der Waals surface area contributed by atoms with E-state index < -0.39 is 5.97 Å². The summed E-state index contributed by atoms with van der Waals surface area (Å²) in [6.45, 7) is 0. The molecule has 0 amide bonds. The number of carboxylic acids is 1. The van der Waals surface area contributed by atoms with E-state index in [0.717, 1.165) is 11.6 Å². The van der Waals surface area contributed by atoms with Crippen molar-refractivity contribution in [3.05, 3.63) is 42.0 Å². The summed E-state index contributed by atoms with van der Waals surface area (Å²) in [4.78, 5) is 10.2. The summed E-state index contributed by atoms with van der Waals surface area (Å²) >= 11 is 0. The number of methoxy groups -OCH3 is 2. The van der Waals surface area contributed by atoms with Gasteiger partial charge in [-0.1, -0.05) is 24.3 Å². The minimum absolute atomic E-state index is 0.636. The maximum atomic E-state index is 10.2. The van der Waals surface area contributed by atoms with Crippen LogP contribution in [0, 0.1) is 0 Å². The molecule has 0 aliphatic heterocycles. The van der Waals surface area contributed by atoms with Crippen LogP contribution in [-0.4, -0.2) is 25.3 Å². The Balaban J connectivity index is 2.82. The summed E-state index contributed by atoms with van der Waals surface area (Å²) in [5.41, 5.74) is 0.901. The molecular weight excluding hydrogens is 220 g/mol. The Hall–Kier alpha value is -2.23. The Morgan fingerprint density at radius 1 is 1.18 bits per heavy atom. The molecule has 0 heterocycles. The molecule has 17 heavy (non-hydrogen) atoms. The highest BCUT2D eigenvalue weighted by atomic mass is 16.5. The molecule has 0 saturated carbocycles. The number of benzene rings is 1. The third-order valence-electron chi connectivity index (χ3n) is 2.05. The van der Waals surface area contributed by atoms with Gasteiger partial charge in [0.2, 0.25) is 0 Å². The number of aliphatic carboxylic acids is 1. The second-order valence-electron chi connectivity index (χ2n) is 3.17. The van der Waals surface area contributed by atoms with Crippen molar-refractivity contribution in [2.75, 3.05) is 14.2 Å². The van der Waals surface area contributed by atoms with E-state index in [1.165, 1.54) is 6.08 Å². The molecule has 0 radical (unpaired) electrons. The lowest BCUT2D eigenvalue weighted by Gasteiger charge is -2.07. The Morgan fingerprint density at radius 2 is 1.88 bits per heavy atom. The second kappa shape index (κ2) is 6.37. The fourth-order valence-electron chi connectivity index (χ4n) is 1.26. The molecule has 0 aliphatic rings. The number of carbonyl (C=O) groups is 1. The number of rotatable bonds is 5. The molecule has 0 bridgehead atoms. The lowest BCUT2D eigenvalue weighted by atomic mass is 10.2. The van der Waals surface area contributed by atoms with Crippen LogP contribution in [0.25, 0.3) is 6.08 Å². The van der Waals surface area contributed by atoms with Crippen LogP contribution in [-0.2, 0) is 4.79 Å². The van der Waals surface area contributed by atoms with E-state index in [1.807, 2.05) is 12.1 Å². The maximum Gasteiger partial charge on any atom is 0.328 e. The minimum Gasteiger partial charge on any atom is -0.493 e. The molecule has 0 saturated heterocycles. The fourth-order valence-corrected chi connectivity index (χ4v) is 1.26. The van der Waals surface area contributed by atoms with Crippen molar-refractivity contribution in [2.24, 2.45) is 0 Å². The molecule has 1 rings (SSSR count). The summed E-state index contributed by atoms with van der Waals surface area (Å²) in [6, 6.07) is 5.45. The summed E-state index contributed by atoms with van der Waals surface area (Å²) in [7, 11) is 3.14. The van der Waals surface area contributed by atoms with E-state index in [4.69, 9.17) is 14.6 Å². The number of hydrogen-bond acceptors (Lipinski definition) is 3. The van der Waals surface area contributed by atoms with E-state index in [-0.39, 0.29) is 0 Å². The third kappa shape index (κ3) is 4.03. The zero-order valence-corrected chi connectivity index (χ0v) is 9.71. The van der Waals surface area contributed by atoms with Crippen LogP contribution in [0.3, 0.4) is 0 Å². The van der Waals surface area contributed by atoms with Gasteiger partial charge in [0.15, 0.2) is 11.5 Å². The first-order chi connectivity index (χ1) is 8.17. The molecule has 4 nitrogen and oxygen atoms in total. The molecule has 0 aliphatic carbocycles. The average Bonchev–Trinajstić information content (AvgIpc) is 2.34. The predicted octanol–water partition coefficient (Wildman–Crippen LogP) is 2.36. The smallest absolute Gasteiger partial charge is 0.328 e. The lowest BCUT2D eigenvalue weighted by Crippen LogP contribution is -1.90. The first-order valence-electron chi connectivity index (χ1n) is 4.97. The molecule has 0 atom stereocenters. The summed E-state index contributed by atoms with van der Waals surface area (Å²) < 4.78 is 10.3. The first kappa shape index (κ1) is 12.8. The molecule has 1 aromatic rings. The van der Waals surface area contributed by atoms with Gasteiger partial charge in [-0.2, -0.15) is 0 Å². The maximum absolute atomic E-state index is 10.2. The molecule has 90 valence electrons. The van der Waals surface area contributed by atoms with Crippen molar-refractivity contribution < 1.29 is 19.4 Å². The SMILES string of the molecule is COc1ccc(/C=C/C=C\C(=O)O)cc1OC. The van der Waals surface area contributed by atoms with E-state index >= 15 is 0 Å². The Labute approximate surface area is 99.8 Å². The van der Waals surface area contributed by atoms with Crippen LogP contribution in [0.4, 0.5) is 0 Å². The van der Waals surface area contributed by atoms with Gasteiger partial charge in [-0.15, -0.1) is 0 Å². The molecular formula is C13H14O4. The molecule has 1 aromatic carbocycles. The average molecular weight is 234 g/mol. The number of allylic oxidation sites excluding steroid dienone is 2. The quantitative estimate of drug-likeness (QED) is 0.627. The first-order valence-corrected chi connectivity index (χ1v) is 4.97. The second-order valence-corrected chi connectivity index (χ2v) is 3.17. The molecule has 1 N–H and O–H groups in total. The monoisotopic (exact) mass is 234 g/mol. The van der Waals surface area contributed by atoms with Gasteiger partial charge in [0.1, 0.15) is 0 Å². The third-order valence-corrected chi connectivity index (χ3v) is 2.05. The molecule has 0 fully saturated rings. The normalized spacial score (nSPS) is 10.9. The van der Waals surface area contributed by atoms with Gasteiger partial charge >= 0.3 is 5.97 Å². The van der Waals surface area contributed by atoms with Gasteiger partial charge in [0, 0.05) is 6.08 Å². The zero-order chi connectivity index (χ0) is 12.7. The number of hydrogen-bond donors (Lipinski definition) is 1. The van der Waals surface area contributed by atoms with Gasteiger partial charge in [-0.05, 0) is 17.7 Å². The van der Waals surface area contributed by atoms with Crippen LogP contribution < -0.4 is 9.47 Å². The fraction of sp³-hybridized carbons (Fsp3) is 0.154. The van der Waals surface area contributed by atoms with Crippen LogP contribution in [0.15, 0.2) is 36.4 Å². The van der Waals surface area contributed by atoms with Crippen molar-refractivity contribution in [1.82, 2.24) is 0 Å². The Bertz CT molecular complexity index is 447. The number of carboxylic acid groups (broad SMARTS) is 1. The molecule has 4 heteroatoms. The van der Waals surface area contributed by atoms with Crippen molar-refractivity contribution in [3.63, 3.8) is 0 Å². The van der Waals surface area contributed by atoms with Gasteiger partial charge in [-0.3, -0.25) is 0 Å². The van der Waals surface area contributed by atoms with Gasteiger partial charge in [0.25, 0.3) is 0 Å². The van der Waals surface area contributed by atoms with Crippen LogP contribution in [0.2, 0.25) is 0 Å². The standard InChI is InChI=1S/C13H14O4/c1-16-11-8-7-10(9-12(11)17-2)5-3-4-6-13(14)15/h3-9H,1-2H3,(H,14,15)/b5-3+,6-4-. The number of ether oxygens (including phenoxy) is 2. The van der Waals surface area contributed by atoms with Crippen LogP contribution >= 0.6 is 0 Å². The highest BCUT2D eigenvalue weighted by molar-refractivity contribution is 5.80. The van der Waals surface area contributed by atoms with Gasteiger partial charge in [-0.25, -0.2) is 4.79 Å². The highest BCUT2D eigenvalue weighted by Crippen LogP contribution is 2.27. The van der Waals surface area contributed by atoms with Crippen LogP contribution in [0.1, 0.15) is 5.56 Å². The summed E-state index contributed by atoms with van der Waals surface area (Å²) in [5, 5.41) is 8.40. The predicted molar refractivity (Wildman–Crippen MR) is 65.4 cm³/mol. The van der Waals surface area contributed by atoms with Crippen molar-refractivity contribution in [2.45, 2.75) is 0 Å². The highest BCUT2D eigenvalue weighted by Gasteiger charge is 2.01. The molecule has 0 spiro atoms. The van der Waals surface area contributed by atoms with Crippen molar-refractivity contribution in [1.29, 1.82) is 0 Å². The van der Waals surface area contributed by atoms with Crippen molar-refractivity contribution >= 4 is 12.0 Å². The Kier molecular flexibility index (Phi) is 4.81. The van der Waals surface area contributed by atoms with Crippen molar-refractivity contribution in [3.8, 4) is 11.5 Å². The van der Waals surface area contributed by atoms with Gasteiger partial charge < -0.3 is 14.6 Å². The largest absolute Gasteiger partial charge is 0.493 e. The van der Waals surface area contributed by atoms with E-state index in [9.17, 15) is 4.79 Å². The zero-order valence-electron chi connectivity index (χ0n) is 9.71. The Morgan fingerprint density at radius 3 is 2.47 bits per heavy atom. The van der Waals surface area contributed by atoms with E-state index in [1.54, 1.807) is 32.4 Å². The molecule has 0 aromatic heterocycles. The van der Waals surface area contributed by atoms with Crippen LogP contribution in [0.5, 0.6) is 11.5 Å². The minimum atomic E-state index is -0.970.